The second kappa shape index (κ2) is 46.3. The maximum absolute atomic E-state index is 12.0. The van der Waals surface area contributed by atoms with E-state index in [4.69, 9.17) is 56.8 Å². The quantitative estimate of drug-likeness (QED) is 0.0523. The van der Waals surface area contributed by atoms with E-state index in [9.17, 15) is 24.0 Å². The number of ether oxygens (including phenoxy) is 12. The van der Waals surface area contributed by atoms with Crippen LogP contribution in [0.2, 0.25) is 0 Å². The molecule has 1 heterocycles. The van der Waals surface area contributed by atoms with Crippen LogP contribution in [-0.2, 0) is 80.8 Å². The summed E-state index contributed by atoms with van der Waals surface area (Å²) >= 11 is 0. The predicted molar refractivity (Wildman–Crippen MR) is 255 cm³/mol. The number of ketones is 2. The Labute approximate surface area is 407 Å². The van der Waals surface area contributed by atoms with Gasteiger partial charge in [-0.15, -0.1) is 0 Å². The fourth-order valence-corrected chi connectivity index (χ4v) is 7.81. The molecule has 0 radical (unpaired) electrons. The number of imide groups is 1. The Morgan fingerprint density at radius 3 is 1.21 bits per heavy atom. The van der Waals surface area contributed by atoms with Gasteiger partial charge in [-0.2, -0.15) is 0 Å². The van der Waals surface area contributed by atoms with Crippen LogP contribution >= 0.6 is 21.6 Å². The predicted octanol–water partition coefficient (Wildman–Crippen LogP) is 3.67. The van der Waals surface area contributed by atoms with Crippen molar-refractivity contribution < 1.29 is 80.8 Å². The van der Waals surface area contributed by atoms with Gasteiger partial charge >= 0.3 is 0 Å². The zero-order valence-electron chi connectivity index (χ0n) is 40.6. The van der Waals surface area contributed by atoms with E-state index >= 15 is 0 Å². The van der Waals surface area contributed by atoms with Gasteiger partial charge in [0.15, 0.2) is 0 Å². The van der Waals surface area contributed by atoms with Gasteiger partial charge in [-0.05, 0) is 33.1 Å². The van der Waals surface area contributed by atoms with Crippen molar-refractivity contribution in [1.29, 1.82) is 0 Å². The van der Waals surface area contributed by atoms with Crippen LogP contribution in [0, 0.1) is 0 Å². The van der Waals surface area contributed by atoms with Gasteiger partial charge in [0.05, 0.1) is 152 Å². The molecule has 0 spiro atoms. The van der Waals surface area contributed by atoms with Gasteiger partial charge < -0.3 is 62.2 Å². The zero-order chi connectivity index (χ0) is 48.7. The van der Waals surface area contributed by atoms with Crippen molar-refractivity contribution in [3.63, 3.8) is 0 Å². The van der Waals surface area contributed by atoms with E-state index in [1.807, 2.05) is 10.8 Å². The van der Waals surface area contributed by atoms with Crippen LogP contribution in [0.4, 0.5) is 0 Å². The van der Waals surface area contributed by atoms with Crippen LogP contribution in [0.5, 0.6) is 0 Å². The molecule has 1 N–H and O–H groups in total. The minimum Gasteiger partial charge on any atom is -0.379 e. The van der Waals surface area contributed by atoms with Gasteiger partial charge in [0.1, 0.15) is 11.6 Å². The standard InChI is InChI=1S/C46H82N2O17S2/c1-4-46(2,3)67-66-40-13-43(51)47-14-5-7-42(50)12-17-55-19-21-57-23-25-59-27-29-61-31-33-63-35-37-65-39-38-64-36-34-62-32-30-60-28-26-58-24-22-56-20-18-54-16-6-8-41(49)11-15-48-44(52)9-10-45(48)53/h9-10H,4-8,11-40H2,1-3H3,(H,47,51). The van der Waals surface area contributed by atoms with Crippen LogP contribution in [0.3, 0.4) is 0 Å². The first-order valence-electron chi connectivity index (χ1n) is 23.7. The van der Waals surface area contributed by atoms with Gasteiger partial charge in [0, 0.05) is 74.5 Å². The molecule has 0 aromatic rings. The Morgan fingerprint density at radius 1 is 0.478 bits per heavy atom. The van der Waals surface area contributed by atoms with Crippen molar-refractivity contribution in [1.82, 2.24) is 10.2 Å². The molecule has 0 unspecified atom stereocenters. The molecule has 0 saturated heterocycles. The molecule has 1 rings (SSSR count). The van der Waals surface area contributed by atoms with E-state index in [-0.39, 0.29) is 47.0 Å². The van der Waals surface area contributed by atoms with Gasteiger partial charge in [-0.3, -0.25) is 28.9 Å². The van der Waals surface area contributed by atoms with E-state index in [2.05, 4.69) is 26.1 Å². The molecular formula is C46H82N2O17S2. The van der Waals surface area contributed by atoms with Crippen molar-refractivity contribution in [2.75, 3.05) is 177 Å². The molecule has 0 saturated carbocycles. The lowest BCUT2D eigenvalue weighted by Gasteiger charge is -2.20. The molecule has 390 valence electrons. The van der Waals surface area contributed by atoms with E-state index in [1.165, 1.54) is 12.2 Å². The third-order valence-corrected chi connectivity index (χ3v) is 12.8. The number of carbonyl (C=O) groups is 5. The van der Waals surface area contributed by atoms with Crippen molar-refractivity contribution in [2.45, 2.75) is 76.9 Å². The highest BCUT2D eigenvalue weighted by Gasteiger charge is 2.23. The molecule has 19 nitrogen and oxygen atoms in total. The Morgan fingerprint density at radius 2 is 0.821 bits per heavy atom. The Balaban J connectivity index is 1.66. The fourth-order valence-electron chi connectivity index (χ4n) is 5.21. The summed E-state index contributed by atoms with van der Waals surface area (Å²) < 4.78 is 66.1. The van der Waals surface area contributed by atoms with Crippen LogP contribution in [0.1, 0.15) is 72.1 Å². The number of Topliss-reactive ketones (excluding diaryl/α,β-unsaturated/α-hetero) is 2. The average Bonchev–Trinajstić information content (AvgIpc) is 3.64. The first kappa shape index (κ1) is 62.9. The number of nitrogens with zero attached hydrogens (tertiary/aromatic N) is 1. The largest absolute Gasteiger partial charge is 0.379 e. The minimum absolute atomic E-state index is 0.00846. The molecule has 0 fully saturated rings. The SMILES string of the molecule is CCC(C)(C)SSCCC(=O)NCCCC(=O)CCOCCOCCOCCOCCOCCOCCOCCOCCOCCOCCOCCOCCCC(=O)CCN1C(=O)C=CC1=O. The summed E-state index contributed by atoms with van der Waals surface area (Å²) in [7, 11) is 3.56. The van der Waals surface area contributed by atoms with Crippen molar-refractivity contribution in [2.24, 2.45) is 0 Å². The first-order valence-corrected chi connectivity index (χ1v) is 26.0. The minimum atomic E-state index is -0.374. The maximum atomic E-state index is 12.0. The Bertz CT molecular complexity index is 1270. The van der Waals surface area contributed by atoms with E-state index in [1.54, 1.807) is 10.8 Å². The van der Waals surface area contributed by atoms with Gasteiger partial charge in [0.25, 0.3) is 11.8 Å². The smallest absolute Gasteiger partial charge is 0.253 e. The Hall–Kier alpha value is -2.09. The van der Waals surface area contributed by atoms with Crippen molar-refractivity contribution >= 4 is 50.9 Å². The molecule has 0 bridgehead atoms. The average molecular weight is 999 g/mol. The monoisotopic (exact) mass is 999 g/mol. The lowest BCUT2D eigenvalue weighted by atomic mass is 10.1. The van der Waals surface area contributed by atoms with Crippen LogP contribution in [0.25, 0.3) is 0 Å². The number of rotatable bonds is 53. The molecule has 0 aromatic carbocycles. The summed E-state index contributed by atoms with van der Waals surface area (Å²) in [6.07, 6.45) is 6.50. The van der Waals surface area contributed by atoms with Crippen molar-refractivity contribution in [3.8, 4) is 0 Å². The van der Waals surface area contributed by atoms with Gasteiger partial charge in [-0.25, -0.2) is 0 Å². The van der Waals surface area contributed by atoms with E-state index in [0.717, 1.165) is 17.1 Å². The molecule has 0 aromatic heterocycles. The normalized spacial score (nSPS) is 12.8. The highest BCUT2D eigenvalue weighted by Crippen LogP contribution is 2.37. The summed E-state index contributed by atoms with van der Waals surface area (Å²) in [5.74, 6) is 0.193. The van der Waals surface area contributed by atoms with E-state index < -0.39 is 0 Å². The summed E-state index contributed by atoms with van der Waals surface area (Å²) in [6, 6.07) is 0. The Kier molecular flexibility index (Phi) is 43.5. The number of hydrogen-bond acceptors (Lipinski definition) is 19. The maximum Gasteiger partial charge on any atom is 0.253 e. The van der Waals surface area contributed by atoms with Crippen LogP contribution < -0.4 is 5.32 Å². The third kappa shape index (κ3) is 42.5. The van der Waals surface area contributed by atoms with E-state index in [0.29, 0.717) is 204 Å². The second-order valence-electron chi connectivity index (χ2n) is 15.4. The number of carbonyl (C=O) groups excluding carboxylic acids is 5. The molecule has 21 heteroatoms. The summed E-state index contributed by atoms with van der Waals surface area (Å²) in [5.41, 5.74) is 0. The fraction of sp³-hybridized carbons (Fsp3) is 0.848. The van der Waals surface area contributed by atoms with Gasteiger partial charge in [-0.1, -0.05) is 28.5 Å². The highest BCUT2D eigenvalue weighted by molar-refractivity contribution is 8.77. The molecule has 0 aliphatic carbocycles. The van der Waals surface area contributed by atoms with Crippen LogP contribution in [0.15, 0.2) is 12.2 Å². The molecule has 0 atom stereocenters. The molecule has 3 amide bonds. The first-order chi connectivity index (χ1) is 32.6. The highest BCUT2D eigenvalue weighted by atomic mass is 33.1. The van der Waals surface area contributed by atoms with Crippen LogP contribution in [-0.4, -0.2) is 216 Å². The topological polar surface area (TPSA) is 211 Å². The van der Waals surface area contributed by atoms with Gasteiger partial charge in [0.2, 0.25) is 5.91 Å². The molecule has 67 heavy (non-hydrogen) atoms. The zero-order valence-corrected chi connectivity index (χ0v) is 42.2. The third-order valence-electron chi connectivity index (χ3n) is 9.38. The molecule has 1 aliphatic rings. The molecule has 1 aliphatic heterocycles. The van der Waals surface area contributed by atoms with Crippen molar-refractivity contribution in [3.05, 3.63) is 12.2 Å². The summed E-state index contributed by atoms with van der Waals surface area (Å²) in [6.45, 7) is 18.0. The number of amides is 3. The number of nitrogens with one attached hydrogen (secondary N) is 1. The lowest BCUT2D eigenvalue weighted by molar-refractivity contribution is -0.137. The summed E-state index contributed by atoms with van der Waals surface area (Å²) in [5, 5.41) is 2.89. The summed E-state index contributed by atoms with van der Waals surface area (Å²) in [4.78, 5) is 60.0. The number of hydrogen-bond donors (Lipinski definition) is 1. The molecular weight excluding hydrogens is 917 g/mol. The second-order valence-corrected chi connectivity index (χ2v) is 18.5. The lowest BCUT2D eigenvalue weighted by Crippen LogP contribution is -2.32.